The fourth-order valence-electron chi connectivity index (χ4n) is 2.83. The smallest absolute Gasteiger partial charge is 0.0594 e. The lowest BCUT2D eigenvalue weighted by molar-refractivity contribution is 0.0963. The molecule has 18 heavy (non-hydrogen) atoms. The average Bonchev–Trinajstić information content (AvgIpc) is 2.73. The van der Waals surface area contributed by atoms with E-state index in [9.17, 15) is 0 Å². The van der Waals surface area contributed by atoms with Gasteiger partial charge in [-0.15, -0.1) is 0 Å². The number of hydrogen-bond acceptors (Lipinski definition) is 2. The number of halogens is 1. The van der Waals surface area contributed by atoms with E-state index in [1.54, 1.807) is 0 Å². The first-order chi connectivity index (χ1) is 8.54. The van der Waals surface area contributed by atoms with E-state index in [-0.39, 0.29) is 6.04 Å². The molecule has 3 unspecified atom stereocenters. The molecule has 1 aliphatic heterocycles. The summed E-state index contributed by atoms with van der Waals surface area (Å²) in [6.45, 7) is 7.24. The normalized spacial score (nSPS) is 25.4. The van der Waals surface area contributed by atoms with Gasteiger partial charge in [-0.2, -0.15) is 0 Å². The number of aryl methyl sites for hydroxylation is 2. The van der Waals surface area contributed by atoms with Gasteiger partial charge in [-0.3, -0.25) is 0 Å². The maximum atomic E-state index is 6.42. The standard InChI is InChI=1S/C15H22ClNO/c1-9-7-13(14(16)8-10(9)2)15(17-4)12-5-6-18-11(12)3/h7-8,11-12,15,17H,5-6H2,1-4H3. The van der Waals surface area contributed by atoms with E-state index >= 15 is 0 Å². The van der Waals surface area contributed by atoms with E-state index < -0.39 is 0 Å². The molecule has 1 heterocycles. The van der Waals surface area contributed by atoms with Gasteiger partial charge in [-0.1, -0.05) is 17.7 Å². The van der Waals surface area contributed by atoms with Crippen LogP contribution in [0.3, 0.4) is 0 Å². The van der Waals surface area contributed by atoms with E-state index in [0.717, 1.165) is 18.1 Å². The molecule has 0 saturated carbocycles. The minimum absolute atomic E-state index is 0.272. The van der Waals surface area contributed by atoms with Gasteiger partial charge >= 0.3 is 0 Å². The second-order valence-electron chi connectivity index (χ2n) is 5.25. The lowest BCUT2D eigenvalue weighted by atomic mass is 9.87. The van der Waals surface area contributed by atoms with Crippen molar-refractivity contribution >= 4 is 11.6 Å². The zero-order valence-electron chi connectivity index (χ0n) is 11.6. The molecule has 1 saturated heterocycles. The molecule has 3 atom stereocenters. The monoisotopic (exact) mass is 267 g/mol. The van der Waals surface area contributed by atoms with E-state index in [4.69, 9.17) is 16.3 Å². The maximum absolute atomic E-state index is 6.42. The van der Waals surface area contributed by atoms with Crippen LogP contribution in [0.5, 0.6) is 0 Å². The summed E-state index contributed by atoms with van der Waals surface area (Å²) >= 11 is 6.42. The Kier molecular flexibility index (Phi) is 4.31. The summed E-state index contributed by atoms with van der Waals surface area (Å²) in [4.78, 5) is 0. The Morgan fingerprint density at radius 3 is 2.56 bits per heavy atom. The van der Waals surface area contributed by atoms with Gasteiger partial charge in [-0.25, -0.2) is 0 Å². The summed E-state index contributed by atoms with van der Waals surface area (Å²) in [5.74, 6) is 0.495. The lowest BCUT2D eigenvalue weighted by Gasteiger charge is -2.27. The van der Waals surface area contributed by atoms with Crippen molar-refractivity contribution in [2.45, 2.75) is 39.3 Å². The zero-order chi connectivity index (χ0) is 13.3. The fourth-order valence-corrected chi connectivity index (χ4v) is 3.16. The number of benzene rings is 1. The maximum Gasteiger partial charge on any atom is 0.0594 e. The summed E-state index contributed by atoms with van der Waals surface area (Å²) in [5, 5.41) is 4.27. The Hall–Kier alpha value is -0.570. The fraction of sp³-hybridized carbons (Fsp3) is 0.600. The van der Waals surface area contributed by atoms with Crippen LogP contribution in [0, 0.1) is 19.8 Å². The topological polar surface area (TPSA) is 21.3 Å². The SMILES string of the molecule is CNC(c1cc(C)c(C)cc1Cl)C1CCOC1C. The van der Waals surface area contributed by atoms with Crippen molar-refractivity contribution in [3.63, 3.8) is 0 Å². The largest absolute Gasteiger partial charge is 0.378 e. The van der Waals surface area contributed by atoms with E-state index in [2.05, 4.69) is 38.2 Å². The molecule has 1 aromatic rings. The first-order valence-corrected chi connectivity index (χ1v) is 6.98. The molecular weight excluding hydrogens is 246 g/mol. The third-order valence-corrected chi connectivity index (χ3v) is 4.45. The van der Waals surface area contributed by atoms with Crippen LogP contribution in [0.25, 0.3) is 0 Å². The van der Waals surface area contributed by atoms with Crippen LogP contribution in [0.15, 0.2) is 12.1 Å². The summed E-state index contributed by atoms with van der Waals surface area (Å²) in [6.07, 6.45) is 1.38. The molecule has 0 bridgehead atoms. The van der Waals surface area contributed by atoms with Gasteiger partial charge in [0.05, 0.1) is 6.10 Å². The highest BCUT2D eigenvalue weighted by Crippen LogP contribution is 2.37. The van der Waals surface area contributed by atoms with Crippen LogP contribution in [0.2, 0.25) is 5.02 Å². The Bertz CT molecular complexity index is 433. The molecule has 0 aliphatic carbocycles. The molecular formula is C15H22ClNO. The molecule has 1 aromatic carbocycles. The molecule has 1 N–H and O–H groups in total. The van der Waals surface area contributed by atoms with Gasteiger partial charge in [0.15, 0.2) is 0 Å². The molecule has 0 radical (unpaired) electrons. The van der Waals surface area contributed by atoms with Gasteiger partial charge in [-0.05, 0) is 57.0 Å². The minimum Gasteiger partial charge on any atom is -0.378 e. The Morgan fingerprint density at radius 1 is 1.33 bits per heavy atom. The highest BCUT2D eigenvalue weighted by Gasteiger charge is 2.33. The Balaban J connectivity index is 2.35. The van der Waals surface area contributed by atoms with Crippen LogP contribution in [0.1, 0.15) is 36.1 Å². The van der Waals surface area contributed by atoms with Gasteiger partial charge in [0.25, 0.3) is 0 Å². The van der Waals surface area contributed by atoms with Crippen molar-refractivity contribution in [1.82, 2.24) is 5.32 Å². The predicted molar refractivity (Wildman–Crippen MR) is 76.2 cm³/mol. The molecule has 100 valence electrons. The van der Waals surface area contributed by atoms with Crippen LogP contribution < -0.4 is 5.32 Å². The molecule has 0 spiro atoms. The van der Waals surface area contributed by atoms with Crippen molar-refractivity contribution in [2.75, 3.05) is 13.7 Å². The summed E-state index contributed by atoms with van der Waals surface area (Å²) in [7, 11) is 2.00. The summed E-state index contributed by atoms with van der Waals surface area (Å²) < 4.78 is 5.68. The van der Waals surface area contributed by atoms with Crippen molar-refractivity contribution < 1.29 is 4.74 Å². The van der Waals surface area contributed by atoms with Crippen LogP contribution >= 0.6 is 11.6 Å². The van der Waals surface area contributed by atoms with Crippen molar-refractivity contribution in [1.29, 1.82) is 0 Å². The lowest BCUT2D eigenvalue weighted by Crippen LogP contribution is -2.29. The average molecular weight is 268 g/mol. The molecule has 0 amide bonds. The van der Waals surface area contributed by atoms with Crippen molar-refractivity contribution in [3.8, 4) is 0 Å². The van der Waals surface area contributed by atoms with Gasteiger partial charge in [0.1, 0.15) is 0 Å². The highest BCUT2D eigenvalue weighted by molar-refractivity contribution is 6.31. The first-order valence-electron chi connectivity index (χ1n) is 6.60. The molecule has 1 fully saturated rings. The molecule has 3 heteroatoms. The zero-order valence-corrected chi connectivity index (χ0v) is 12.3. The van der Waals surface area contributed by atoms with Gasteiger partial charge < -0.3 is 10.1 Å². The van der Waals surface area contributed by atoms with E-state index in [1.807, 2.05) is 7.05 Å². The third-order valence-electron chi connectivity index (χ3n) is 4.12. The second-order valence-corrected chi connectivity index (χ2v) is 5.66. The highest BCUT2D eigenvalue weighted by atomic mass is 35.5. The number of rotatable bonds is 3. The minimum atomic E-state index is 0.272. The molecule has 1 aliphatic rings. The van der Waals surface area contributed by atoms with Crippen LogP contribution in [0.4, 0.5) is 0 Å². The summed E-state index contributed by atoms with van der Waals surface area (Å²) in [6, 6.07) is 4.55. The predicted octanol–water partition coefficient (Wildman–Crippen LogP) is 3.64. The van der Waals surface area contributed by atoms with Crippen LogP contribution in [-0.2, 0) is 4.74 Å². The first kappa shape index (κ1) is 13.9. The Labute approximate surface area is 115 Å². The van der Waals surface area contributed by atoms with Crippen molar-refractivity contribution in [2.24, 2.45) is 5.92 Å². The van der Waals surface area contributed by atoms with Crippen LogP contribution in [-0.4, -0.2) is 19.8 Å². The number of ether oxygens (including phenoxy) is 1. The Morgan fingerprint density at radius 2 is 2.00 bits per heavy atom. The molecule has 0 aromatic heterocycles. The van der Waals surface area contributed by atoms with Gasteiger partial charge in [0.2, 0.25) is 0 Å². The van der Waals surface area contributed by atoms with E-state index in [0.29, 0.717) is 12.0 Å². The second kappa shape index (κ2) is 5.60. The quantitative estimate of drug-likeness (QED) is 0.903. The summed E-state index contributed by atoms with van der Waals surface area (Å²) in [5.41, 5.74) is 3.74. The number of nitrogens with one attached hydrogen (secondary N) is 1. The van der Waals surface area contributed by atoms with Crippen molar-refractivity contribution in [3.05, 3.63) is 33.8 Å². The molecule has 2 rings (SSSR count). The third kappa shape index (κ3) is 2.56. The number of hydrogen-bond donors (Lipinski definition) is 1. The molecule has 2 nitrogen and oxygen atoms in total. The van der Waals surface area contributed by atoms with Gasteiger partial charge in [0, 0.05) is 23.6 Å². The van der Waals surface area contributed by atoms with E-state index in [1.165, 1.54) is 16.7 Å².